The lowest BCUT2D eigenvalue weighted by atomic mass is 10.2. The monoisotopic (exact) mass is 467 g/mol. The first-order valence-corrected chi connectivity index (χ1v) is 9.13. The van der Waals surface area contributed by atoms with Crippen molar-refractivity contribution in [2.24, 2.45) is 0 Å². The molecular formula is C20H13ClF3N3O5. The number of carbonyl (C=O) groups excluding carboxylic acids is 1. The van der Waals surface area contributed by atoms with Crippen molar-refractivity contribution >= 4 is 29.1 Å². The van der Waals surface area contributed by atoms with Crippen LogP contribution < -0.4 is 20.3 Å². The van der Waals surface area contributed by atoms with E-state index in [0.717, 1.165) is 24.3 Å². The molecule has 3 rings (SSSR count). The second kappa shape index (κ2) is 9.43. The first kappa shape index (κ1) is 22.7. The second-order valence-corrected chi connectivity index (χ2v) is 6.54. The van der Waals surface area contributed by atoms with Crippen LogP contribution in [0.1, 0.15) is 5.56 Å². The number of hydrogen-bond donors (Lipinski definition) is 2. The summed E-state index contributed by atoms with van der Waals surface area (Å²) in [4.78, 5) is 22.5. The highest BCUT2D eigenvalue weighted by Gasteiger charge is 2.31. The number of hydrazine groups is 1. The Morgan fingerprint density at radius 1 is 1.00 bits per heavy atom. The lowest BCUT2D eigenvalue weighted by Gasteiger charge is -2.13. The van der Waals surface area contributed by atoms with Gasteiger partial charge in [-0.05, 0) is 36.4 Å². The van der Waals surface area contributed by atoms with Crippen LogP contribution in [-0.4, -0.2) is 11.0 Å². The SMILES string of the molecule is O=C(NNc1cc(Oc2ccc(C(F)(F)F)cc2Cl)ccc1[N+](=O)[O-])Oc1ccccc1. The van der Waals surface area contributed by atoms with Gasteiger partial charge in [0, 0.05) is 12.1 Å². The van der Waals surface area contributed by atoms with Crippen molar-refractivity contribution in [3.05, 3.63) is 87.4 Å². The number of carbonyl (C=O) groups is 1. The summed E-state index contributed by atoms with van der Waals surface area (Å²) in [5.74, 6) is 0.157. The quantitative estimate of drug-likeness (QED) is 0.332. The number of anilines is 1. The van der Waals surface area contributed by atoms with E-state index < -0.39 is 28.4 Å². The predicted octanol–water partition coefficient (Wildman–Crippen LogP) is 6.17. The molecule has 32 heavy (non-hydrogen) atoms. The number of nitro groups is 1. The van der Waals surface area contributed by atoms with E-state index in [1.807, 2.05) is 0 Å². The zero-order valence-corrected chi connectivity index (χ0v) is 16.6. The molecule has 0 unspecified atom stereocenters. The van der Waals surface area contributed by atoms with E-state index in [9.17, 15) is 28.1 Å². The maximum Gasteiger partial charge on any atom is 0.431 e. The fourth-order valence-corrected chi connectivity index (χ4v) is 2.68. The fraction of sp³-hybridized carbons (Fsp3) is 0.0500. The Kier molecular flexibility index (Phi) is 6.69. The number of nitrogens with zero attached hydrogens (tertiary/aromatic N) is 1. The molecule has 8 nitrogen and oxygen atoms in total. The minimum atomic E-state index is -4.58. The zero-order chi connectivity index (χ0) is 23.3. The van der Waals surface area contributed by atoms with Crippen LogP contribution in [0.25, 0.3) is 0 Å². The van der Waals surface area contributed by atoms with Crippen molar-refractivity contribution in [3.8, 4) is 17.2 Å². The molecule has 0 radical (unpaired) electrons. The van der Waals surface area contributed by atoms with E-state index >= 15 is 0 Å². The van der Waals surface area contributed by atoms with E-state index in [2.05, 4.69) is 10.9 Å². The number of para-hydroxylation sites is 1. The largest absolute Gasteiger partial charge is 0.456 e. The highest BCUT2D eigenvalue weighted by molar-refractivity contribution is 6.32. The number of alkyl halides is 3. The van der Waals surface area contributed by atoms with Gasteiger partial charge in [0.05, 0.1) is 15.5 Å². The van der Waals surface area contributed by atoms with Crippen LogP contribution in [0.15, 0.2) is 66.7 Å². The van der Waals surface area contributed by atoms with Gasteiger partial charge >= 0.3 is 12.3 Å². The number of rotatable bonds is 6. The number of nitrogens with one attached hydrogen (secondary N) is 2. The molecule has 0 bridgehead atoms. The summed E-state index contributed by atoms with van der Waals surface area (Å²) in [5, 5.41) is 11.0. The van der Waals surface area contributed by atoms with Crippen LogP contribution in [0.3, 0.4) is 0 Å². The molecule has 3 aromatic rings. The van der Waals surface area contributed by atoms with Crippen LogP contribution in [-0.2, 0) is 6.18 Å². The fourth-order valence-electron chi connectivity index (χ4n) is 2.46. The molecular weight excluding hydrogens is 455 g/mol. The number of ether oxygens (including phenoxy) is 2. The van der Waals surface area contributed by atoms with Gasteiger partial charge in [0.15, 0.2) is 0 Å². The summed E-state index contributed by atoms with van der Waals surface area (Å²) in [6, 6.07) is 14.1. The standard InChI is InChI=1S/C20H13ClF3N3O5/c21-15-10-12(20(22,23)24)6-9-18(15)31-14-7-8-17(27(29)30)16(11-14)25-26-19(28)32-13-4-2-1-3-5-13/h1-11,25H,(H,26,28). The molecule has 166 valence electrons. The normalized spacial score (nSPS) is 10.9. The first-order valence-electron chi connectivity index (χ1n) is 8.75. The average Bonchev–Trinajstić information content (AvgIpc) is 2.73. The summed E-state index contributed by atoms with van der Waals surface area (Å²) in [7, 11) is 0. The average molecular weight is 468 g/mol. The van der Waals surface area contributed by atoms with Gasteiger partial charge in [0.1, 0.15) is 22.9 Å². The summed E-state index contributed by atoms with van der Waals surface area (Å²) < 4.78 is 48.8. The lowest BCUT2D eigenvalue weighted by Crippen LogP contribution is -2.32. The van der Waals surface area contributed by atoms with E-state index in [-0.39, 0.29) is 28.0 Å². The Hall–Kier alpha value is -3.99. The Bertz CT molecular complexity index is 1140. The molecule has 12 heteroatoms. The van der Waals surface area contributed by atoms with Gasteiger partial charge in [0.25, 0.3) is 5.69 Å². The highest BCUT2D eigenvalue weighted by Crippen LogP contribution is 2.37. The second-order valence-electron chi connectivity index (χ2n) is 6.13. The Labute approximate surface area is 183 Å². The molecule has 1 amide bonds. The molecule has 0 aliphatic rings. The molecule has 3 aromatic carbocycles. The number of halogens is 4. The number of benzene rings is 3. The summed E-state index contributed by atoms with van der Waals surface area (Å²) in [5.41, 5.74) is 2.97. The summed E-state index contributed by atoms with van der Waals surface area (Å²) >= 11 is 5.86. The van der Waals surface area contributed by atoms with Crippen LogP contribution in [0.4, 0.5) is 29.3 Å². The molecule has 0 aromatic heterocycles. The first-order chi connectivity index (χ1) is 15.1. The van der Waals surface area contributed by atoms with Crippen LogP contribution in [0.2, 0.25) is 5.02 Å². The van der Waals surface area contributed by atoms with Crippen molar-refractivity contribution in [3.63, 3.8) is 0 Å². The molecule has 0 spiro atoms. The molecule has 0 aliphatic heterocycles. The molecule has 0 heterocycles. The third-order valence-electron chi connectivity index (χ3n) is 3.90. The minimum Gasteiger partial charge on any atom is -0.456 e. The van der Waals surface area contributed by atoms with Gasteiger partial charge in [-0.2, -0.15) is 13.2 Å². The van der Waals surface area contributed by atoms with Crippen molar-refractivity contribution in [1.29, 1.82) is 0 Å². The van der Waals surface area contributed by atoms with Gasteiger partial charge in [-0.15, -0.1) is 0 Å². The van der Waals surface area contributed by atoms with Crippen LogP contribution in [0, 0.1) is 10.1 Å². The Morgan fingerprint density at radius 2 is 1.72 bits per heavy atom. The maximum atomic E-state index is 12.8. The zero-order valence-electron chi connectivity index (χ0n) is 15.9. The summed E-state index contributed by atoms with van der Waals surface area (Å²) in [6.45, 7) is 0. The Balaban J connectivity index is 1.76. The molecule has 0 aliphatic carbocycles. The van der Waals surface area contributed by atoms with Crippen molar-refractivity contribution in [1.82, 2.24) is 5.43 Å². The molecule has 0 fully saturated rings. The summed E-state index contributed by atoms with van der Waals surface area (Å²) in [6.07, 6.45) is -5.52. The number of nitro benzene ring substituents is 1. The number of amides is 1. The van der Waals surface area contributed by atoms with Crippen molar-refractivity contribution in [2.75, 3.05) is 5.43 Å². The van der Waals surface area contributed by atoms with Crippen LogP contribution >= 0.6 is 11.6 Å². The molecule has 0 saturated heterocycles. The van der Waals surface area contributed by atoms with Gasteiger partial charge in [-0.3, -0.25) is 15.5 Å². The maximum absolute atomic E-state index is 12.8. The van der Waals surface area contributed by atoms with Crippen molar-refractivity contribution < 1.29 is 32.4 Å². The van der Waals surface area contributed by atoms with Crippen molar-refractivity contribution in [2.45, 2.75) is 6.18 Å². The third-order valence-corrected chi connectivity index (χ3v) is 4.20. The predicted molar refractivity (Wildman–Crippen MR) is 109 cm³/mol. The smallest absolute Gasteiger partial charge is 0.431 e. The van der Waals surface area contributed by atoms with E-state index in [1.54, 1.807) is 18.2 Å². The highest BCUT2D eigenvalue weighted by atomic mass is 35.5. The van der Waals surface area contributed by atoms with Gasteiger partial charge in [-0.1, -0.05) is 29.8 Å². The molecule has 0 atom stereocenters. The minimum absolute atomic E-state index is 0.0120. The van der Waals surface area contributed by atoms with E-state index in [4.69, 9.17) is 21.1 Å². The van der Waals surface area contributed by atoms with E-state index in [1.165, 1.54) is 18.2 Å². The number of hydrogen-bond acceptors (Lipinski definition) is 6. The van der Waals surface area contributed by atoms with Gasteiger partial charge in [-0.25, -0.2) is 10.2 Å². The van der Waals surface area contributed by atoms with Crippen LogP contribution in [0.5, 0.6) is 17.2 Å². The van der Waals surface area contributed by atoms with E-state index in [0.29, 0.717) is 6.07 Å². The molecule has 2 N–H and O–H groups in total. The topological polar surface area (TPSA) is 103 Å². The third kappa shape index (κ3) is 5.79. The Morgan fingerprint density at radius 3 is 2.34 bits per heavy atom. The molecule has 0 saturated carbocycles. The lowest BCUT2D eigenvalue weighted by molar-refractivity contribution is -0.384. The van der Waals surface area contributed by atoms with Gasteiger partial charge in [0.2, 0.25) is 0 Å². The van der Waals surface area contributed by atoms with Gasteiger partial charge < -0.3 is 9.47 Å².